The van der Waals surface area contributed by atoms with E-state index in [1.165, 1.54) is 0 Å². The molecule has 5 nitrogen and oxygen atoms in total. The van der Waals surface area contributed by atoms with Crippen LogP contribution in [0.25, 0.3) is 0 Å². The highest BCUT2D eigenvalue weighted by Gasteiger charge is 2.45. The van der Waals surface area contributed by atoms with Crippen LogP contribution in [0.5, 0.6) is 0 Å². The van der Waals surface area contributed by atoms with Crippen molar-refractivity contribution in [2.45, 2.75) is 45.6 Å². The standard InChI is InChI=1S/C12H21NO4/c1-9(2)17-7-6-13-10(14)8-12(11(15)16)4-3-5-12/h9H,3-8H2,1-2H3,(H,13,14)(H,15,16). The van der Waals surface area contributed by atoms with Crippen molar-refractivity contribution in [2.75, 3.05) is 13.2 Å². The molecule has 1 rings (SSSR count). The molecule has 0 aliphatic heterocycles. The highest BCUT2D eigenvalue weighted by molar-refractivity contribution is 5.85. The first-order chi connectivity index (χ1) is 7.96. The van der Waals surface area contributed by atoms with Crippen LogP contribution in [0.2, 0.25) is 0 Å². The summed E-state index contributed by atoms with van der Waals surface area (Å²) in [4.78, 5) is 22.6. The summed E-state index contributed by atoms with van der Waals surface area (Å²) in [6, 6.07) is 0. The van der Waals surface area contributed by atoms with E-state index >= 15 is 0 Å². The highest BCUT2D eigenvalue weighted by Crippen LogP contribution is 2.44. The Labute approximate surface area is 102 Å². The zero-order valence-corrected chi connectivity index (χ0v) is 10.5. The topological polar surface area (TPSA) is 75.6 Å². The van der Waals surface area contributed by atoms with Gasteiger partial charge in [0, 0.05) is 13.0 Å². The van der Waals surface area contributed by atoms with E-state index in [9.17, 15) is 9.59 Å². The van der Waals surface area contributed by atoms with Crippen LogP contribution in [0.1, 0.15) is 39.5 Å². The summed E-state index contributed by atoms with van der Waals surface area (Å²) in [5.41, 5.74) is -0.803. The van der Waals surface area contributed by atoms with Crippen molar-refractivity contribution in [3.05, 3.63) is 0 Å². The van der Waals surface area contributed by atoms with Gasteiger partial charge in [-0.05, 0) is 26.7 Å². The average molecular weight is 243 g/mol. The molecule has 0 aromatic heterocycles. The molecule has 0 heterocycles. The summed E-state index contributed by atoms with van der Waals surface area (Å²) in [6.45, 7) is 4.75. The second-order valence-electron chi connectivity index (χ2n) is 4.89. The quantitative estimate of drug-likeness (QED) is 0.658. The Kier molecular flexibility index (Phi) is 4.93. The van der Waals surface area contributed by atoms with Crippen LogP contribution in [0.15, 0.2) is 0 Å². The fraction of sp³-hybridized carbons (Fsp3) is 0.833. The van der Waals surface area contributed by atoms with Crippen molar-refractivity contribution in [1.29, 1.82) is 0 Å². The van der Waals surface area contributed by atoms with Gasteiger partial charge in [0.2, 0.25) is 5.91 Å². The van der Waals surface area contributed by atoms with Gasteiger partial charge in [0.1, 0.15) is 0 Å². The Bertz CT molecular complexity index is 284. The molecule has 1 aliphatic carbocycles. The minimum atomic E-state index is -0.850. The highest BCUT2D eigenvalue weighted by atomic mass is 16.5. The van der Waals surface area contributed by atoms with Gasteiger partial charge in [-0.25, -0.2) is 0 Å². The van der Waals surface area contributed by atoms with E-state index in [1.807, 2.05) is 13.8 Å². The SMILES string of the molecule is CC(C)OCCNC(=O)CC1(C(=O)O)CCC1. The number of aliphatic carboxylic acids is 1. The molecule has 1 amide bonds. The van der Waals surface area contributed by atoms with Gasteiger partial charge in [0.05, 0.1) is 18.1 Å². The minimum Gasteiger partial charge on any atom is -0.481 e. The molecule has 2 N–H and O–H groups in total. The number of ether oxygens (including phenoxy) is 1. The molecule has 0 radical (unpaired) electrons. The van der Waals surface area contributed by atoms with Crippen molar-refractivity contribution in [2.24, 2.45) is 5.41 Å². The molecule has 1 saturated carbocycles. The summed E-state index contributed by atoms with van der Waals surface area (Å²) < 4.78 is 5.28. The molecule has 0 aromatic carbocycles. The molecule has 5 heteroatoms. The summed E-state index contributed by atoms with van der Waals surface area (Å²) in [5, 5.41) is 11.8. The number of hydrogen-bond acceptors (Lipinski definition) is 3. The van der Waals surface area contributed by atoms with Crippen molar-refractivity contribution < 1.29 is 19.4 Å². The normalized spacial score (nSPS) is 17.6. The maximum absolute atomic E-state index is 11.6. The summed E-state index contributed by atoms with van der Waals surface area (Å²) in [7, 11) is 0. The monoisotopic (exact) mass is 243 g/mol. The number of carboxylic acids is 1. The fourth-order valence-corrected chi connectivity index (χ4v) is 1.92. The van der Waals surface area contributed by atoms with E-state index in [0.717, 1.165) is 6.42 Å². The molecule has 17 heavy (non-hydrogen) atoms. The largest absolute Gasteiger partial charge is 0.481 e. The molecule has 0 aromatic rings. The van der Waals surface area contributed by atoms with E-state index in [1.54, 1.807) is 0 Å². The predicted octanol–water partition coefficient (Wildman–Crippen LogP) is 1.17. The smallest absolute Gasteiger partial charge is 0.310 e. The van der Waals surface area contributed by atoms with Crippen molar-refractivity contribution in [1.82, 2.24) is 5.32 Å². The third kappa shape index (κ3) is 4.00. The number of carbonyl (C=O) groups excluding carboxylic acids is 1. The van der Waals surface area contributed by atoms with E-state index in [0.29, 0.717) is 26.0 Å². The second kappa shape index (κ2) is 6.00. The predicted molar refractivity (Wildman–Crippen MR) is 62.6 cm³/mol. The lowest BCUT2D eigenvalue weighted by molar-refractivity contribution is -0.157. The fourth-order valence-electron chi connectivity index (χ4n) is 1.92. The zero-order valence-electron chi connectivity index (χ0n) is 10.5. The lowest BCUT2D eigenvalue weighted by Crippen LogP contribution is -2.43. The first kappa shape index (κ1) is 14.0. The second-order valence-corrected chi connectivity index (χ2v) is 4.89. The number of carboxylic acid groups (broad SMARTS) is 1. The van der Waals surface area contributed by atoms with Gasteiger partial charge < -0.3 is 15.2 Å². The Morgan fingerprint density at radius 3 is 2.47 bits per heavy atom. The van der Waals surface area contributed by atoms with Crippen LogP contribution in [0.4, 0.5) is 0 Å². The molecule has 0 atom stereocenters. The van der Waals surface area contributed by atoms with Gasteiger partial charge in [0.15, 0.2) is 0 Å². The average Bonchev–Trinajstić information content (AvgIpc) is 2.17. The first-order valence-electron chi connectivity index (χ1n) is 6.08. The van der Waals surface area contributed by atoms with Gasteiger partial charge in [-0.15, -0.1) is 0 Å². The molecule has 0 unspecified atom stereocenters. The van der Waals surface area contributed by atoms with Gasteiger partial charge in [-0.3, -0.25) is 9.59 Å². The number of rotatable bonds is 7. The third-order valence-corrected chi connectivity index (χ3v) is 3.14. The Balaban J connectivity index is 2.22. The molecule has 1 aliphatic rings. The van der Waals surface area contributed by atoms with Crippen LogP contribution >= 0.6 is 0 Å². The molecular formula is C12H21NO4. The Hall–Kier alpha value is -1.10. The minimum absolute atomic E-state index is 0.0873. The lowest BCUT2D eigenvalue weighted by Gasteiger charge is -2.36. The van der Waals surface area contributed by atoms with Gasteiger partial charge in [0.25, 0.3) is 0 Å². The summed E-state index contributed by atoms with van der Waals surface area (Å²) >= 11 is 0. The molecule has 0 bridgehead atoms. The number of hydrogen-bond donors (Lipinski definition) is 2. The van der Waals surface area contributed by atoms with Gasteiger partial charge >= 0.3 is 5.97 Å². The van der Waals surface area contributed by atoms with Crippen LogP contribution < -0.4 is 5.32 Å². The number of amides is 1. The summed E-state index contributed by atoms with van der Waals surface area (Å²) in [5.74, 6) is -1.04. The van der Waals surface area contributed by atoms with Crippen LogP contribution in [-0.2, 0) is 14.3 Å². The maximum Gasteiger partial charge on any atom is 0.310 e. The van der Waals surface area contributed by atoms with Gasteiger partial charge in [-0.2, -0.15) is 0 Å². The van der Waals surface area contributed by atoms with Crippen molar-refractivity contribution in [3.8, 4) is 0 Å². The first-order valence-corrected chi connectivity index (χ1v) is 6.08. The van der Waals surface area contributed by atoms with Crippen molar-refractivity contribution in [3.63, 3.8) is 0 Å². The van der Waals surface area contributed by atoms with E-state index < -0.39 is 11.4 Å². The molecule has 0 saturated heterocycles. The van der Waals surface area contributed by atoms with Crippen LogP contribution in [0, 0.1) is 5.41 Å². The van der Waals surface area contributed by atoms with E-state index in [2.05, 4.69) is 5.32 Å². The third-order valence-electron chi connectivity index (χ3n) is 3.14. The Morgan fingerprint density at radius 2 is 2.06 bits per heavy atom. The van der Waals surface area contributed by atoms with Crippen LogP contribution in [-0.4, -0.2) is 36.2 Å². The zero-order chi connectivity index (χ0) is 12.9. The summed E-state index contributed by atoms with van der Waals surface area (Å²) in [6.07, 6.45) is 2.35. The molecule has 0 spiro atoms. The van der Waals surface area contributed by atoms with E-state index in [-0.39, 0.29) is 18.4 Å². The number of nitrogens with one attached hydrogen (secondary N) is 1. The maximum atomic E-state index is 11.6. The lowest BCUT2D eigenvalue weighted by atomic mass is 9.66. The van der Waals surface area contributed by atoms with E-state index in [4.69, 9.17) is 9.84 Å². The number of carbonyl (C=O) groups is 2. The van der Waals surface area contributed by atoms with Gasteiger partial charge in [-0.1, -0.05) is 6.42 Å². The van der Waals surface area contributed by atoms with Crippen molar-refractivity contribution >= 4 is 11.9 Å². The molecule has 1 fully saturated rings. The van der Waals surface area contributed by atoms with Crippen LogP contribution in [0.3, 0.4) is 0 Å². The molecule has 98 valence electrons. The Morgan fingerprint density at radius 1 is 1.41 bits per heavy atom. The molecular weight excluding hydrogens is 222 g/mol.